The van der Waals surface area contributed by atoms with E-state index >= 15 is 0 Å². The highest BCUT2D eigenvalue weighted by Crippen LogP contribution is 2.24. The standard InChI is InChI=1S/C25H37N5O/c1-28(2)23(21-11-6-4-7-12-21)19-27-25(31)26-15-10-16-30-18-17-29(3)20-24(30)22-13-8-5-9-14-22/h4-9,11-14,23-24H,10,15-20H2,1-3H3,(H2,26,27,31). The van der Waals surface area contributed by atoms with Gasteiger partial charge >= 0.3 is 6.03 Å². The molecule has 0 radical (unpaired) electrons. The van der Waals surface area contributed by atoms with Crippen molar-refractivity contribution in [3.05, 3.63) is 71.8 Å². The average molecular weight is 424 g/mol. The molecule has 0 aromatic heterocycles. The third-order valence-electron chi connectivity index (χ3n) is 6.05. The number of amides is 2. The summed E-state index contributed by atoms with van der Waals surface area (Å²) in [5, 5.41) is 6.06. The van der Waals surface area contributed by atoms with Crippen molar-refractivity contribution in [1.29, 1.82) is 0 Å². The van der Waals surface area contributed by atoms with Gasteiger partial charge in [0.1, 0.15) is 0 Å². The Labute approximate surface area is 187 Å². The number of hydrogen-bond donors (Lipinski definition) is 2. The van der Waals surface area contributed by atoms with Crippen LogP contribution < -0.4 is 10.6 Å². The minimum Gasteiger partial charge on any atom is -0.338 e. The molecule has 2 unspecified atom stereocenters. The van der Waals surface area contributed by atoms with Gasteiger partial charge in [0.25, 0.3) is 0 Å². The van der Waals surface area contributed by atoms with Crippen LogP contribution in [0.1, 0.15) is 29.6 Å². The van der Waals surface area contributed by atoms with Crippen molar-refractivity contribution in [2.45, 2.75) is 18.5 Å². The first-order valence-electron chi connectivity index (χ1n) is 11.2. The number of rotatable bonds is 9. The van der Waals surface area contributed by atoms with E-state index in [9.17, 15) is 4.79 Å². The SMILES string of the molecule is CN1CCN(CCCNC(=O)NCC(c2ccccc2)N(C)C)C(c2ccccc2)C1. The third kappa shape index (κ3) is 7.06. The summed E-state index contributed by atoms with van der Waals surface area (Å²) >= 11 is 0. The van der Waals surface area contributed by atoms with Crippen LogP contribution >= 0.6 is 0 Å². The second-order valence-electron chi connectivity index (χ2n) is 8.61. The lowest BCUT2D eigenvalue weighted by atomic mass is 10.0. The molecular weight excluding hydrogens is 386 g/mol. The van der Waals surface area contributed by atoms with Crippen LogP contribution in [0.25, 0.3) is 0 Å². The van der Waals surface area contributed by atoms with Crippen LogP contribution in [0.2, 0.25) is 0 Å². The van der Waals surface area contributed by atoms with E-state index in [2.05, 4.69) is 74.8 Å². The Morgan fingerprint density at radius 3 is 2.39 bits per heavy atom. The Hall–Kier alpha value is -2.41. The minimum absolute atomic E-state index is 0.0965. The van der Waals surface area contributed by atoms with E-state index in [1.54, 1.807) is 0 Å². The Bertz CT molecular complexity index is 783. The van der Waals surface area contributed by atoms with Gasteiger partial charge in [0.15, 0.2) is 0 Å². The van der Waals surface area contributed by atoms with Crippen LogP contribution in [-0.4, -0.2) is 81.1 Å². The molecule has 2 atom stereocenters. The Balaban J connectivity index is 1.41. The first-order valence-corrected chi connectivity index (χ1v) is 11.2. The fourth-order valence-corrected chi connectivity index (χ4v) is 4.23. The van der Waals surface area contributed by atoms with Crippen molar-refractivity contribution < 1.29 is 4.79 Å². The van der Waals surface area contributed by atoms with Gasteiger partial charge in [0.05, 0.1) is 6.04 Å². The Morgan fingerprint density at radius 1 is 1.03 bits per heavy atom. The Kier molecular flexibility index (Phi) is 8.88. The zero-order chi connectivity index (χ0) is 22.1. The zero-order valence-corrected chi connectivity index (χ0v) is 19.1. The first-order chi connectivity index (χ1) is 15.0. The number of carbonyl (C=O) groups excluding carboxylic acids is 1. The van der Waals surface area contributed by atoms with Gasteiger partial charge in [-0.1, -0.05) is 60.7 Å². The maximum absolute atomic E-state index is 12.3. The third-order valence-corrected chi connectivity index (χ3v) is 6.05. The summed E-state index contributed by atoms with van der Waals surface area (Å²) in [4.78, 5) is 19.4. The maximum Gasteiger partial charge on any atom is 0.314 e. The number of nitrogens with one attached hydrogen (secondary N) is 2. The fraction of sp³-hybridized carbons (Fsp3) is 0.480. The van der Waals surface area contributed by atoms with Gasteiger partial charge in [-0.25, -0.2) is 4.79 Å². The summed E-state index contributed by atoms with van der Waals surface area (Å²) in [7, 11) is 6.27. The van der Waals surface area contributed by atoms with Crippen molar-refractivity contribution in [3.8, 4) is 0 Å². The number of urea groups is 1. The van der Waals surface area contributed by atoms with Crippen molar-refractivity contribution >= 4 is 6.03 Å². The van der Waals surface area contributed by atoms with Crippen molar-refractivity contribution in [2.24, 2.45) is 0 Å². The predicted octanol–water partition coefficient (Wildman–Crippen LogP) is 2.97. The van der Waals surface area contributed by atoms with Crippen LogP contribution in [0, 0.1) is 0 Å². The highest BCUT2D eigenvalue weighted by molar-refractivity contribution is 5.73. The van der Waals surface area contributed by atoms with Crippen LogP contribution in [0.4, 0.5) is 4.79 Å². The van der Waals surface area contributed by atoms with Crippen LogP contribution in [0.15, 0.2) is 60.7 Å². The van der Waals surface area contributed by atoms with E-state index < -0.39 is 0 Å². The van der Waals surface area contributed by atoms with E-state index in [1.165, 1.54) is 11.1 Å². The van der Waals surface area contributed by atoms with Gasteiger partial charge in [-0.2, -0.15) is 0 Å². The molecule has 0 spiro atoms. The van der Waals surface area contributed by atoms with E-state index in [0.717, 1.165) is 32.6 Å². The van der Waals surface area contributed by atoms with Crippen LogP contribution in [0.3, 0.4) is 0 Å². The fourth-order valence-electron chi connectivity index (χ4n) is 4.23. The van der Waals surface area contributed by atoms with E-state index in [-0.39, 0.29) is 12.1 Å². The molecule has 2 aromatic rings. The number of hydrogen-bond acceptors (Lipinski definition) is 4. The van der Waals surface area contributed by atoms with Crippen molar-refractivity contribution in [3.63, 3.8) is 0 Å². The molecule has 1 aliphatic rings. The molecule has 2 N–H and O–H groups in total. The molecule has 168 valence electrons. The largest absolute Gasteiger partial charge is 0.338 e. The molecule has 2 amide bonds. The second-order valence-corrected chi connectivity index (χ2v) is 8.61. The monoisotopic (exact) mass is 423 g/mol. The average Bonchev–Trinajstić information content (AvgIpc) is 2.78. The molecular formula is C25H37N5O. The summed E-state index contributed by atoms with van der Waals surface area (Å²) in [6.45, 7) is 5.43. The molecule has 0 saturated carbocycles. The molecule has 1 fully saturated rings. The zero-order valence-electron chi connectivity index (χ0n) is 19.1. The number of carbonyl (C=O) groups is 1. The normalized spacial score (nSPS) is 18.6. The highest BCUT2D eigenvalue weighted by Gasteiger charge is 2.26. The quantitative estimate of drug-likeness (QED) is 0.609. The van der Waals surface area contributed by atoms with Gasteiger partial charge in [-0.3, -0.25) is 4.90 Å². The van der Waals surface area contributed by atoms with Gasteiger partial charge in [-0.05, 0) is 38.7 Å². The van der Waals surface area contributed by atoms with Crippen molar-refractivity contribution in [2.75, 3.05) is 60.4 Å². The molecule has 0 aliphatic carbocycles. The predicted molar refractivity (Wildman–Crippen MR) is 127 cm³/mol. The number of likely N-dealkylation sites (N-methyl/N-ethyl adjacent to an activating group) is 2. The molecule has 2 aromatic carbocycles. The number of nitrogens with zero attached hydrogens (tertiary/aromatic N) is 3. The highest BCUT2D eigenvalue weighted by atomic mass is 16.2. The summed E-state index contributed by atoms with van der Waals surface area (Å²) in [6, 6.07) is 21.5. The summed E-state index contributed by atoms with van der Waals surface area (Å²) in [5.74, 6) is 0. The lowest BCUT2D eigenvalue weighted by molar-refractivity contribution is 0.0889. The molecule has 6 nitrogen and oxygen atoms in total. The summed E-state index contributed by atoms with van der Waals surface area (Å²) < 4.78 is 0. The summed E-state index contributed by atoms with van der Waals surface area (Å²) in [5.41, 5.74) is 2.57. The van der Waals surface area contributed by atoms with Crippen LogP contribution in [0.5, 0.6) is 0 Å². The van der Waals surface area contributed by atoms with Gasteiger partial charge < -0.3 is 20.4 Å². The molecule has 0 bridgehead atoms. The molecule has 31 heavy (non-hydrogen) atoms. The first kappa shape index (κ1) is 23.3. The lowest BCUT2D eigenvalue weighted by Gasteiger charge is -2.40. The second kappa shape index (κ2) is 11.8. The smallest absolute Gasteiger partial charge is 0.314 e. The van der Waals surface area contributed by atoms with Gasteiger partial charge in [0, 0.05) is 45.3 Å². The maximum atomic E-state index is 12.3. The minimum atomic E-state index is -0.0965. The van der Waals surface area contributed by atoms with E-state index in [0.29, 0.717) is 19.1 Å². The lowest BCUT2D eigenvalue weighted by Crippen LogP contribution is -2.47. The molecule has 1 heterocycles. The number of piperazine rings is 1. The van der Waals surface area contributed by atoms with E-state index in [1.807, 2.05) is 32.3 Å². The Morgan fingerprint density at radius 2 is 1.71 bits per heavy atom. The van der Waals surface area contributed by atoms with Crippen LogP contribution in [-0.2, 0) is 0 Å². The van der Waals surface area contributed by atoms with Gasteiger partial charge in [0.2, 0.25) is 0 Å². The number of benzene rings is 2. The van der Waals surface area contributed by atoms with Crippen molar-refractivity contribution in [1.82, 2.24) is 25.3 Å². The molecule has 3 rings (SSSR count). The van der Waals surface area contributed by atoms with E-state index in [4.69, 9.17) is 0 Å². The molecule has 6 heteroatoms. The topological polar surface area (TPSA) is 50.9 Å². The molecule has 1 aliphatic heterocycles. The van der Waals surface area contributed by atoms with Gasteiger partial charge in [-0.15, -0.1) is 0 Å². The summed E-state index contributed by atoms with van der Waals surface area (Å²) in [6.07, 6.45) is 0.941. The molecule has 1 saturated heterocycles.